The molecule has 0 bridgehead atoms. The van der Waals surface area contributed by atoms with Crippen molar-refractivity contribution in [2.24, 2.45) is 0 Å². The molecule has 0 saturated carbocycles. The smallest absolute Gasteiger partial charge is 0.253 e. The first kappa shape index (κ1) is 16.4. The standard InChI is InChI=1S/C18H24FNO3/c1-13-5-6-14(12-15(13)19)17(21)20-9-7-18(8-10-20)16(22-2)4-3-11-23-18/h5-6,12,16H,3-4,7-11H2,1-2H3/t16-/m0/s1. The summed E-state index contributed by atoms with van der Waals surface area (Å²) in [5.74, 6) is -0.442. The van der Waals surface area contributed by atoms with Crippen molar-refractivity contribution in [3.8, 4) is 0 Å². The summed E-state index contributed by atoms with van der Waals surface area (Å²) in [6.45, 7) is 3.69. The van der Waals surface area contributed by atoms with Gasteiger partial charge in [-0.05, 0) is 50.3 Å². The van der Waals surface area contributed by atoms with E-state index in [9.17, 15) is 9.18 Å². The molecule has 4 nitrogen and oxygen atoms in total. The molecule has 5 heteroatoms. The Morgan fingerprint density at radius 2 is 2.13 bits per heavy atom. The van der Waals surface area contributed by atoms with Crippen LogP contribution in [-0.4, -0.2) is 49.3 Å². The molecular formula is C18H24FNO3. The van der Waals surface area contributed by atoms with Gasteiger partial charge in [0.1, 0.15) is 5.82 Å². The minimum Gasteiger partial charge on any atom is -0.378 e. The summed E-state index contributed by atoms with van der Waals surface area (Å²) in [6, 6.07) is 4.68. The maximum atomic E-state index is 13.7. The van der Waals surface area contributed by atoms with Crippen LogP contribution in [0.15, 0.2) is 18.2 Å². The number of benzene rings is 1. The lowest BCUT2D eigenvalue weighted by molar-refractivity contribution is -0.183. The second-order valence-corrected chi connectivity index (χ2v) is 6.54. The number of likely N-dealkylation sites (tertiary alicyclic amines) is 1. The third kappa shape index (κ3) is 3.12. The molecule has 0 aliphatic carbocycles. The molecule has 0 unspecified atom stereocenters. The van der Waals surface area contributed by atoms with Crippen LogP contribution in [0.5, 0.6) is 0 Å². The summed E-state index contributed by atoms with van der Waals surface area (Å²) >= 11 is 0. The highest BCUT2D eigenvalue weighted by Crippen LogP contribution is 2.37. The fourth-order valence-corrected chi connectivity index (χ4v) is 3.70. The number of carbonyl (C=O) groups excluding carboxylic acids is 1. The van der Waals surface area contributed by atoms with Crippen LogP contribution in [0.3, 0.4) is 0 Å². The minimum absolute atomic E-state index is 0.102. The van der Waals surface area contributed by atoms with E-state index < -0.39 is 0 Å². The Morgan fingerprint density at radius 1 is 1.39 bits per heavy atom. The topological polar surface area (TPSA) is 38.8 Å². The number of rotatable bonds is 2. The lowest BCUT2D eigenvalue weighted by atomic mass is 9.81. The summed E-state index contributed by atoms with van der Waals surface area (Å²) in [7, 11) is 1.73. The zero-order chi connectivity index (χ0) is 16.4. The molecule has 126 valence electrons. The Kier molecular flexibility index (Phi) is 4.69. The van der Waals surface area contributed by atoms with Crippen LogP contribution >= 0.6 is 0 Å². The SMILES string of the molecule is CO[C@H]1CCCOC12CCN(C(=O)c1ccc(C)c(F)c1)CC2. The van der Waals surface area contributed by atoms with E-state index in [1.54, 1.807) is 31.1 Å². The van der Waals surface area contributed by atoms with Crippen molar-refractivity contribution < 1.29 is 18.7 Å². The van der Waals surface area contributed by atoms with Gasteiger partial charge in [-0.1, -0.05) is 6.07 Å². The Morgan fingerprint density at radius 3 is 2.78 bits per heavy atom. The summed E-state index contributed by atoms with van der Waals surface area (Å²) < 4.78 is 25.4. The molecule has 1 aromatic carbocycles. The van der Waals surface area contributed by atoms with Crippen LogP contribution < -0.4 is 0 Å². The normalized spacial score (nSPS) is 24.0. The molecule has 1 amide bonds. The monoisotopic (exact) mass is 321 g/mol. The zero-order valence-corrected chi connectivity index (χ0v) is 13.8. The number of aryl methyl sites for hydroxylation is 1. The molecule has 0 radical (unpaired) electrons. The first-order chi connectivity index (χ1) is 11.1. The Balaban J connectivity index is 1.68. The maximum Gasteiger partial charge on any atom is 0.253 e. The Labute approximate surface area is 136 Å². The van der Waals surface area contributed by atoms with Gasteiger partial charge in [0.15, 0.2) is 0 Å². The van der Waals surface area contributed by atoms with Gasteiger partial charge in [-0.3, -0.25) is 4.79 Å². The van der Waals surface area contributed by atoms with E-state index in [0.717, 1.165) is 32.3 Å². The van der Waals surface area contributed by atoms with Crippen molar-refractivity contribution in [3.05, 3.63) is 35.1 Å². The Bertz CT molecular complexity index is 582. The minimum atomic E-state index is -0.334. The number of methoxy groups -OCH3 is 1. The fourth-order valence-electron chi connectivity index (χ4n) is 3.70. The van der Waals surface area contributed by atoms with Crippen molar-refractivity contribution in [2.45, 2.75) is 44.3 Å². The first-order valence-electron chi connectivity index (χ1n) is 8.28. The van der Waals surface area contributed by atoms with Crippen LogP contribution in [0, 0.1) is 12.7 Å². The number of halogens is 1. The molecule has 2 heterocycles. The lowest BCUT2D eigenvalue weighted by Crippen LogP contribution is -2.56. The summed E-state index contributed by atoms with van der Waals surface area (Å²) in [4.78, 5) is 14.4. The molecule has 2 saturated heterocycles. The quantitative estimate of drug-likeness (QED) is 0.841. The number of ether oxygens (including phenoxy) is 2. The predicted octanol–water partition coefficient (Wildman–Crippen LogP) is 2.93. The number of nitrogens with zero attached hydrogens (tertiary/aromatic N) is 1. The van der Waals surface area contributed by atoms with E-state index in [0.29, 0.717) is 24.2 Å². The molecule has 2 fully saturated rings. The van der Waals surface area contributed by atoms with E-state index in [4.69, 9.17) is 9.47 Å². The second kappa shape index (κ2) is 6.57. The van der Waals surface area contributed by atoms with Crippen LogP contribution in [0.2, 0.25) is 0 Å². The van der Waals surface area contributed by atoms with E-state index in [1.165, 1.54) is 6.07 Å². The van der Waals surface area contributed by atoms with E-state index in [1.807, 2.05) is 0 Å². The van der Waals surface area contributed by atoms with Crippen LogP contribution in [-0.2, 0) is 9.47 Å². The van der Waals surface area contributed by atoms with Gasteiger partial charge in [-0.2, -0.15) is 0 Å². The van der Waals surface area contributed by atoms with Crippen LogP contribution in [0.4, 0.5) is 4.39 Å². The van der Waals surface area contributed by atoms with Gasteiger partial charge < -0.3 is 14.4 Å². The third-order valence-electron chi connectivity index (χ3n) is 5.19. The molecule has 23 heavy (non-hydrogen) atoms. The van der Waals surface area contributed by atoms with Crippen molar-refractivity contribution in [3.63, 3.8) is 0 Å². The fraction of sp³-hybridized carbons (Fsp3) is 0.611. The van der Waals surface area contributed by atoms with Crippen molar-refractivity contribution in [2.75, 3.05) is 26.8 Å². The highest BCUT2D eigenvalue weighted by atomic mass is 19.1. The van der Waals surface area contributed by atoms with Gasteiger partial charge >= 0.3 is 0 Å². The molecule has 2 aliphatic rings. The molecule has 1 spiro atoms. The van der Waals surface area contributed by atoms with Crippen molar-refractivity contribution in [1.82, 2.24) is 4.90 Å². The number of amides is 1. The predicted molar refractivity (Wildman–Crippen MR) is 85.0 cm³/mol. The number of hydrogen-bond donors (Lipinski definition) is 0. The molecule has 1 aromatic rings. The van der Waals surface area contributed by atoms with E-state index in [-0.39, 0.29) is 23.4 Å². The molecule has 1 atom stereocenters. The van der Waals surface area contributed by atoms with Gasteiger partial charge in [0.2, 0.25) is 0 Å². The summed E-state index contributed by atoms with van der Waals surface area (Å²) in [6.07, 6.45) is 3.67. The molecule has 3 rings (SSSR count). The van der Waals surface area contributed by atoms with Gasteiger partial charge in [0.05, 0.1) is 11.7 Å². The van der Waals surface area contributed by atoms with Gasteiger partial charge in [0, 0.05) is 32.4 Å². The highest BCUT2D eigenvalue weighted by Gasteiger charge is 2.45. The molecule has 0 N–H and O–H groups in total. The molecule has 0 aromatic heterocycles. The Hall–Kier alpha value is -1.46. The summed E-state index contributed by atoms with van der Waals surface area (Å²) in [5.41, 5.74) is 0.706. The zero-order valence-electron chi connectivity index (χ0n) is 13.8. The largest absolute Gasteiger partial charge is 0.378 e. The summed E-state index contributed by atoms with van der Waals surface area (Å²) in [5, 5.41) is 0. The third-order valence-corrected chi connectivity index (χ3v) is 5.19. The molecular weight excluding hydrogens is 297 g/mol. The van der Waals surface area contributed by atoms with Crippen LogP contribution in [0.1, 0.15) is 41.6 Å². The second-order valence-electron chi connectivity index (χ2n) is 6.54. The first-order valence-corrected chi connectivity index (χ1v) is 8.28. The maximum absolute atomic E-state index is 13.7. The van der Waals surface area contributed by atoms with Crippen molar-refractivity contribution in [1.29, 1.82) is 0 Å². The average Bonchev–Trinajstić information content (AvgIpc) is 2.58. The van der Waals surface area contributed by atoms with E-state index in [2.05, 4.69) is 0 Å². The van der Waals surface area contributed by atoms with Crippen LogP contribution in [0.25, 0.3) is 0 Å². The van der Waals surface area contributed by atoms with Crippen molar-refractivity contribution >= 4 is 5.91 Å². The number of piperidine rings is 1. The van der Waals surface area contributed by atoms with E-state index >= 15 is 0 Å². The van der Waals surface area contributed by atoms with Gasteiger partial charge in [-0.15, -0.1) is 0 Å². The lowest BCUT2D eigenvalue weighted by Gasteiger charge is -2.48. The number of carbonyl (C=O) groups is 1. The van der Waals surface area contributed by atoms with Gasteiger partial charge in [-0.25, -0.2) is 4.39 Å². The average molecular weight is 321 g/mol. The molecule has 2 aliphatic heterocycles. The van der Waals surface area contributed by atoms with Gasteiger partial charge in [0.25, 0.3) is 5.91 Å². The number of hydrogen-bond acceptors (Lipinski definition) is 3. The highest BCUT2D eigenvalue weighted by molar-refractivity contribution is 5.94.